The highest BCUT2D eigenvalue weighted by atomic mass is 16.6. The van der Waals surface area contributed by atoms with Crippen molar-refractivity contribution in [1.29, 1.82) is 0 Å². The lowest BCUT2D eigenvalue weighted by Gasteiger charge is -2.46. The molecule has 0 aromatic heterocycles. The molecule has 2 fully saturated rings. The van der Waals surface area contributed by atoms with Crippen molar-refractivity contribution in [2.24, 2.45) is 11.8 Å². The first-order valence-corrected chi connectivity index (χ1v) is 5.69. The second kappa shape index (κ2) is 3.04. The molecule has 0 aromatic rings. The summed E-state index contributed by atoms with van der Waals surface area (Å²) in [6.45, 7) is 1.86. The van der Waals surface area contributed by atoms with E-state index in [1.54, 1.807) is 0 Å². The highest BCUT2D eigenvalue weighted by Crippen LogP contribution is 2.49. The quantitative estimate of drug-likeness (QED) is 0.386. The number of esters is 1. The molecular formula is C12H12O5. The highest BCUT2D eigenvalue weighted by molar-refractivity contribution is 6.13. The maximum atomic E-state index is 11.8. The van der Waals surface area contributed by atoms with Gasteiger partial charge in [0.25, 0.3) is 0 Å². The molecule has 0 spiro atoms. The zero-order chi connectivity index (χ0) is 12.4. The van der Waals surface area contributed by atoms with Crippen LogP contribution in [0.15, 0.2) is 11.6 Å². The summed E-state index contributed by atoms with van der Waals surface area (Å²) in [7, 11) is 0. The lowest BCUT2D eigenvalue weighted by molar-refractivity contribution is -0.194. The molecule has 2 heterocycles. The predicted octanol–water partition coefficient (Wildman–Crippen LogP) is -0.233. The molecule has 90 valence electrons. The first kappa shape index (κ1) is 10.7. The molecule has 0 amide bonds. The van der Waals surface area contributed by atoms with Gasteiger partial charge in [-0.3, -0.25) is 9.59 Å². The van der Waals surface area contributed by atoms with E-state index in [1.807, 2.05) is 6.92 Å². The van der Waals surface area contributed by atoms with Crippen molar-refractivity contribution in [2.75, 3.05) is 0 Å². The standard InChI is InChI=1S/C12H12O5/c1-2-5-4-12(16)9-7(14)3-6(13)8(9)10(5)17-11(12)15/h4,8-10,16H,2-3H2,1H3/t8-,9+,10+,12+/m1/s1. The van der Waals surface area contributed by atoms with Crippen molar-refractivity contribution in [3.8, 4) is 0 Å². The molecule has 1 saturated carbocycles. The molecule has 0 radical (unpaired) electrons. The Morgan fingerprint density at radius 3 is 2.76 bits per heavy atom. The molecule has 5 nitrogen and oxygen atoms in total. The fourth-order valence-electron chi connectivity index (χ4n) is 3.18. The summed E-state index contributed by atoms with van der Waals surface area (Å²) in [4.78, 5) is 35.2. The molecule has 5 heteroatoms. The van der Waals surface area contributed by atoms with Gasteiger partial charge in [0.2, 0.25) is 0 Å². The zero-order valence-corrected chi connectivity index (χ0v) is 9.30. The third-order valence-corrected chi connectivity index (χ3v) is 3.97. The lowest BCUT2D eigenvalue weighted by Crippen LogP contribution is -2.62. The Balaban J connectivity index is 2.19. The molecule has 4 aliphatic rings. The van der Waals surface area contributed by atoms with Gasteiger partial charge in [0.1, 0.15) is 17.7 Å². The molecule has 4 atom stereocenters. The molecule has 17 heavy (non-hydrogen) atoms. The number of carbonyl (C=O) groups excluding carboxylic acids is 3. The number of hydrogen-bond donors (Lipinski definition) is 1. The van der Waals surface area contributed by atoms with Crippen LogP contribution in [0.4, 0.5) is 0 Å². The van der Waals surface area contributed by atoms with Crippen molar-refractivity contribution < 1.29 is 24.2 Å². The first-order chi connectivity index (χ1) is 7.99. The van der Waals surface area contributed by atoms with Crippen LogP contribution in [0, 0.1) is 11.8 Å². The Bertz CT molecular complexity index is 477. The van der Waals surface area contributed by atoms with Crippen molar-refractivity contribution in [3.63, 3.8) is 0 Å². The van der Waals surface area contributed by atoms with Crippen LogP contribution >= 0.6 is 0 Å². The minimum absolute atomic E-state index is 0.199. The van der Waals surface area contributed by atoms with Crippen LogP contribution in [0.5, 0.6) is 0 Å². The van der Waals surface area contributed by atoms with Gasteiger partial charge in [-0.1, -0.05) is 6.92 Å². The van der Waals surface area contributed by atoms with E-state index in [1.165, 1.54) is 6.08 Å². The molecule has 2 bridgehead atoms. The number of hydrogen-bond acceptors (Lipinski definition) is 5. The van der Waals surface area contributed by atoms with Crippen molar-refractivity contribution >= 4 is 17.5 Å². The van der Waals surface area contributed by atoms with Crippen LogP contribution in [0.2, 0.25) is 0 Å². The maximum absolute atomic E-state index is 11.8. The van der Waals surface area contributed by atoms with Gasteiger partial charge in [-0.05, 0) is 18.1 Å². The maximum Gasteiger partial charge on any atom is 0.343 e. The number of ketones is 2. The third kappa shape index (κ3) is 1.10. The monoisotopic (exact) mass is 236 g/mol. The molecule has 0 unspecified atom stereocenters. The van der Waals surface area contributed by atoms with E-state index in [9.17, 15) is 19.5 Å². The summed E-state index contributed by atoms with van der Waals surface area (Å²) in [5.41, 5.74) is -1.19. The van der Waals surface area contributed by atoms with Gasteiger partial charge in [0, 0.05) is 0 Å². The third-order valence-electron chi connectivity index (χ3n) is 3.97. The number of fused-ring (bicyclic) bond motifs is 1. The number of carbonyl (C=O) groups is 3. The smallest absolute Gasteiger partial charge is 0.343 e. The van der Waals surface area contributed by atoms with Crippen LogP contribution in [0.3, 0.4) is 0 Å². The Labute approximate surface area is 97.4 Å². The zero-order valence-electron chi connectivity index (χ0n) is 9.30. The van der Waals surface area contributed by atoms with Crippen LogP contribution in [0.25, 0.3) is 0 Å². The van der Waals surface area contributed by atoms with E-state index in [4.69, 9.17) is 4.74 Å². The van der Waals surface area contributed by atoms with Crippen molar-refractivity contribution in [3.05, 3.63) is 11.6 Å². The minimum atomic E-state index is -1.92. The van der Waals surface area contributed by atoms with Crippen molar-refractivity contribution in [1.82, 2.24) is 0 Å². The minimum Gasteiger partial charge on any atom is -0.455 e. The predicted molar refractivity (Wildman–Crippen MR) is 54.8 cm³/mol. The molecule has 1 saturated heterocycles. The molecular weight excluding hydrogens is 224 g/mol. The van der Waals surface area contributed by atoms with E-state index in [2.05, 4.69) is 0 Å². The summed E-state index contributed by atoms with van der Waals surface area (Å²) >= 11 is 0. The van der Waals surface area contributed by atoms with E-state index in [-0.39, 0.29) is 18.0 Å². The number of ether oxygens (including phenoxy) is 1. The second-order valence-corrected chi connectivity index (χ2v) is 4.84. The molecule has 4 rings (SSSR count). The molecule has 1 N–H and O–H groups in total. The highest BCUT2D eigenvalue weighted by Gasteiger charge is 2.66. The Kier molecular flexibility index (Phi) is 1.91. The van der Waals surface area contributed by atoms with Gasteiger partial charge < -0.3 is 9.84 Å². The number of aliphatic hydroxyl groups is 1. The molecule has 2 aliphatic heterocycles. The largest absolute Gasteiger partial charge is 0.455 e. The summed E-state index contributed by atoms with van der Waals surface area (Å²) in [5.74, 6) is -2.99. The number of Topliss-reactive ketones (excluding diaryl/α,β-unsaturated/α-hetero) is 2. The fraction of sp³-hybridized carbons (Fsp3) is 0.583. The summed E-state index contributed by atoms with van der Waals surface area (Å²) in [5, 5.41) is 10.3. The molecule has 0 aromatic carbocycles. The van der Waals surface area contributed by atoms with Gasteiger partial charge >= 0.3 is 5.97 Å². The summed E-state index contributed by atoms with van der Waals surface area (Å²) in [6, 6.07) is 0. The molecule has 2 aliphatic carbocycles. The lowest BCUT2D eigenvalue weighted by atomic mass is 9.67. The second-order valence-electron chi connectivity index (χ2n) is 4.84. The van der Waals surface area contributed by atoms with E-state index < -0.39 is 29.5 Å². The van der Waals surface area contributed by atoms with Gasteiger partial charge in [-0.2, -0.15) is 0 Å². The first-order valence-electron chi connectivity index (χ1n) is 5.69. The van der Waals surface area contributed by atoms with Gasteiger partial charge in [0.15, 0.2) is 5.60 Å². The van der Waals surface area contributed by atoms with Gasteiger partial charge in [-0.25, -0.2) is 4.79 Å². The van der Waals surface area contributed by atoms with Gasteiger partial charge in [0.05, 0.1) is 18.3 Å². The topological polar surface area (TPSA) is 80.7 Å². The SMILES string of the molecule is CCC1=C[C@@]2(O)C(=O)O[C@@H]1[C@@H]1C(=O)CC(=O)[C@@H]12. The average Bonchev–Trinajstić information content (AvgIpc) is 2.58. The van der Waals surface area contributed by atoms with Crippen LogP contribution in [-0.2, 0) is 19.1 Å². The van der Waals surface area contributed by atoms with Gasteiger partial charge in [-0.15, -0.1) is 0 Å². The van der Waals surface area contributed by atoms with Crippen LogP contribution in [0.1, 0.15) is 19.8 Å². The average molecular weight is 236 g/mol. The van der Waals surface area contributed by atoms with E-state index >= 15 is 0 Å². The normalized spacial score (nSPS) is 43.5. The van der Waals surface area contributed by atoms with E-state index in [0.29, 0.717) is 6.42 Å². The number of rotatable bonds is 1. The van der Waals surface area contributed by atoms with Crippen molar-refractivity contribution in [2.45, 2.75) is 31.5 Å². The Hall–Kier alpha value is -1.49. The van der Waals surface area contributed by atoms with Crippen LogP contribution < -0.4 is 0 Å². The Morgan fingerprint density at radius 1 is 1.41 bits per heavy atom. The fourth-order valence-corrected chi connectivity index (χ4v) is 3.18. The summed E-state index contributed by atoms with van der Waals surface area (Å²) < 4.78 is 5.09. The van der Waals surface area contributed by atoms with E-state index in [0.717, 1.165) is 5.57 Å². The Morgan fingerprint density at radius 2 is 2.12 bits per heavy atom. The summed E-state index contributed by atoms with van der Waals surface area (Å²) in [6.07, 6.45) is 1.16. The van der Waals surface area contributed by atoms with Crippen LogP contribution in [-0.4, -0.2) is 34.3 Å².